The Morgan fingerprint density at radius 3 is 2.89 bits per heavy atom. The Bertz CT molecular complexity index is 779. The van der Waals surface area contributed by atoms with E-state index in [-0.39, 0.29) is 17.9 Å². The van der Waals surface area contributed by atoms with Crippen molar-refractivity contribution in [3.05, 3.63) is 65.5 Å². The van der Waals surface area contributed by atoms with E-state index in [2.05, 4.69) is 34.9 Å². The molecule has 2 heterocycles. The number of nitrogens with one attached hydrogen (secondary N) is 2. The highest BCUT2D eigenvalue weighted by atomic mass is 16.2. The van der Waals surface area contributed by atoms with Crippen LogP contribution in [0.4, 0.5) is 0 Å². The summed E-state index contributed by atoms with van der Waals surface area (Å²) in [5.41, 5.74) is 10.1. The molecular formula is C22H28N4O. The van der Waals surface area contributed by atoms with Crippen molar-refractivity contribution in [3.63, 3.8) is 0 Å². The van der Waals surface area contributed by atoms with E-state index in [4.69, 9.17) is 0 Å². The number of fused-ring (bicyclic) bond motifs is 1. The van der Waals surface area contributed by atoms with Gasteiger partial charge in [0, 0.05) is 38.1 Å². The lowest BCUT2D eigenvalue weighted by atomic mass is 9.77. The minimum absolute atomic E-state index is 0.0411. The minimum Gasteiger partial charge on any atom is -0.334 e. The third-order valence-corrected chi connectivity index (χ3v) is 6.01. The highest BCUT2D eigenvalue weighted by Gasteiger charge is 2.41. The summed E-state index contributed by atoms with van der Waals surface area (Å²) in [4.78, 5) is 19.8. The van der Waals surface area contributed by atoms with Gasteiger partial charge in [0.15, 0.2) is 0 Å². The molecule has 27 heavy (non-hydrogen) atoms. The number of pyridine rings is 1. The minimum atomic E-state index is 0.0411. The van der Waals surface area contributed by atoms with E-state index < -0.39 is 0 Å². The van der Waals surface area contributed by atoms with E-state index in [1.54, 1.807) is 6.20 Å². The summed E-state index contributed by atoms with van der Waals surface area (Å²) < 4.78 is 0. The Labute approximate surface area is 161 Å². The van der Waals surface area contributed by atoms with Crippen molar-refractivity contribution in [2.75, 3.05) is 6.54 Å². The molecule has 1 saturated heterocycles. The molecule has 1 aromatic carbocycles. The zero-order chi connectivity index (χ0) is 18.6. The number of hydrogen-bond acceptors (Lipinski definition) is 4. The number of aryl methyl sites for hydroxylation is 1. The number of rotatable bonds is 5. The zero-order valence-electron chi connectivity index (χ0n) is 15.9. The number of carbonyl (C=O) groups is 1. The molecule has 4 rings (SSSR count). The van der Waals surface area contributed by atoms with E-state index in [0.717, 1.165) is 24.9 Å². The molecule has 0 bridgehead atoms. The smallest absolute Gasteiger partial charge is 0.227 e. The van der Waals surface area contributed by atoms with Crippen LogP contribution in [0, 0.1) is 18.8 Å². The van der Waals surface area contributed by atoms with Crippen LogP contribution >= 0.6 is 0 Å². The SMILES string of the molecule is Cc1ccccc1CN(Cc1cccnc1)C(=O)C1CCCC2CNNC21. The van der Waals surface area contributed by atoms with Crippen molar-refractivity contribution in [2.24, 2.45) is 11.8 Å². The van der Waals surface area contributed by atoms with E-state index in [1.165, 1.54) is 17.5 Å². The first-order valence-corrected chi connectivity index (χ1v) is 9.93. The van der Waals surface area contributed by atoms with Gasteiger partial charge in [-0.1, -0.05) is 36.8 Å². The van der Waals surface area contributed by atoms with Crippen molar-refractivity contribution in [2.45, 2.75) is 45.3 Å². The molecule has 2 aliphatic rings. The van der Waals surface area contributed by atoms with Gasteiger partial charge in [-0.2, -0.15) is 0 Å². The Balaban J connectivity index is 1.58. The zero-order valence-corrected chi connectivity index (χ0v) is 15.9. The van der Waals surface area contributed by atoms with Crippen LogP contribution in [-0.4, -0.2) is 28.4 Å². The summed E-state index contributed by atoms with van der Waals surface area (Å²) in [5, 5.41) is 0. The van der Waals surface area contributed by atoms with Crippen molar-refractivity contribution in [1.82, 2.24) is 20.7 Å². The number of amides is 1. The van der Waals surface area contributed by atoms with Crippen LogP contribution < -0.4 is 10.9 Å². The van der Waals surface area contributed by atoms with Crippen molar-refractivity contribution in [1.29, 1.82) is 0 Å². The Kier molecular flexibility index (Phi) is 5.50. The summed E-state index contributed by atoms with van der Waals surface area (Å²) in [7, 11) is 0. The first-order chi connectivity index (χ1) is 13.2. The molecule has 1 saturated carbocycles. The van der Waals surface area contributed by atoms with Gasteiger partial charge in [-0.05, 0) is 48.4 Å². The number of carbonyl (C=O) groups excluding carboxylic acids is 1. The van der Waals surface area contributed by atoms with Gasteiger partial charge < -0.3 is 4.90 Å². The molecule has 1 aromatic heterocycles. The van der Waals surface area contributed by atoms with Crippen LogP contribution in [0.15, 0.2) is 48.8 Å². The number of hydrogen-bond donors (Lipinski definition) is 2. The van der Waals surface area contributed by atoms with E-state index >= 15 is 0 Å². The van der Waals surface area contributed by atoms with E-state index in [1.807, 2.05) is 35.4 Å². The fourth-order valence-electron chi connectivity index (χ4n) is 4.47. The molecule has 2 fully saturated rings. The second kappa shape index (κ2) is 8.19. The van der Waals surface area contributed by atoms with Gasteiger partial charge in [0.1, 0.15) is 0 Å². The largest absolute Gasteiger partial charge is 0.334 e. The molecule has 2 N–H and O–H groups in total. The highest BCUT2D eigenvalue weighted by molar-refractivity contribution is 5.80. The van der Waals surface area contributed by atoms with Crippen LogP contribution in [-0.2, 0) is 17.9 Å². The Morgan fingerprint density at radius 1 is 1.19 bits per heavy atom. The summed E-state index contributed by atoms with van der Waals surface area (Å²) in [5.74, 6) is 0.860. The van der Waals surface area contributed by atoms with Crippen LogP contribution in [0.3, 0.4) is 0 Å². The summed E-state index contributed by atoms with van der Waals surface area (Å²) in [6.45, 7) is 4.32. The van der Waals surface area contributed by atoms with Crippen molar-refractivity contribution in [3.8, 4) is 0 Å². The average molecular weight is 364 g/mol. The lowest BCUT2D eigenvalue weighted by molar-refractivity contribution is -0.139. The normalized spacial score (nSPS) is 24.4. The number of benzene rings is 1. The molecule has 0 spiro atoms. The van der Waals surface area contributed by atoms with Crippen molar-refractivity contribution < 1.29 is 4.79 Å². The quantitative estimate of drug-likeness (QED) is 0.857. The maximum atomic E-state index is 13.6. The fourth-order valence-corrected chi connectivity index (χ4v) is 4.47. The van der Waals surface area contributed by atoms with E-state index in [0.29, 0.717) is 19.0 Å². The standard InChI is InChI=1S/C22H28N4O/c1-16-6-2-3-8-19(16)15-26(14-17-7-5-11-23-12-17)22(27)20-10-4-9-18-13-24-25-21(18)20/h2-3,5-8,11-12,18,20-21,24-25H,4,9-10,13-15H2,1H3. The molecule has 3 atom stereocenters. The van der Waals surface area contributed by atoms with Crippen LogP contribution in [0.5, 0.6) is 0 Å². The lowest BCUT2D eigenvalue weighted by Crippen LogP contribution is -2.48. The van der Waals surface area contributed by atoms with Crippen LogP contribution in [0.2, 0.25) is 0 Å². The summed E-state index contributed by atoms with van der Waals surface area (Å²) in [6, 6.07) is 12.6. The highest BCUT2D eigenvalue weighted by Crippen LogP contribution is 2.33. The first-order valence-electron chi connectivity index (χ1n) is 9.93. The molecule has 3 unspecified atom stereocenters. The maximum absolute atomic E-state index is 13.6. The van der Waals surface area contributed by atoms with Gasteiger partial charge in [-0.15, -0.1) is 0 Å². The number of hydrazine groups is 1. The van der Waals surface area contributed by atoms with Gasteiger partial charge >= 0.3 is 0 Å². The topological polar surface area (TPSA) is 57.3 Å². The molecule has 1 aliphatic carbocycles. The second-order valence-corrected chi connectivity index (χ2v) is 7.83. The summed E-state index contributed by atoms with van der Waals surface area (Å²) >= 11 is 0. The van der Waals surface area contributed by atoms with Crippen LogP contribution in [0.25, 0.3) is 0 Å². The van der Waals surface area contributed by atoms with Gasteiger partial charge in [-0.25, -0.2) is 0 Å². The predicted octanol–water partition coefficient (Wildman–Crippen LogP) is 2.81. The van der Waals surface area contributed by atoms with E-state index in [9.17, 15) is 4.79 Å². The first kappa shape index (κ1) is 18.1. The predicted molar refractivity (Wildman–Crippen MR) is 105 cm³/mol. The van der Waals surface area contributed by atoms with Gasteiger partial charge in [0.25, 0.3) is 0 Å². The third-order valence-electron chi connectivity index (χ3n) is 6.01. The Hall–Kier alpha value is -2.24. The third kappa shape index (κ3) is 4.04. The number of nitrogens with zero attached hydrogens (tertiary/aromatic N) is 2. The van der Waals surface area contributed by atoms with Gasteiger partial charge in [-0.3, -0.25) is 20.6 Å². The molecule has 142 valence electrons. The molecular weight excluding hydrogens is 336 g/mol. The van der Waals surface area contributed by atoms with Crippen molar-refractivity contribution >= 4 is 5.91 Å². The monoisotopic (exact) mass is 364 g/mol. The molecule has 1 amide bonds. The summed E-state index contributed by atoms with van der Waals surface area (Å²) in [6.07, 6.45) is 6.93. The molecule has 5 heteroatoms. The molecule has 0 radical (unpaired) electrons. The van der Waals surface area contributed by atoms with Gasteiger partial charge in [0.05, 0.1) is 5.92 Å². The molecule has 5 nitrogen and oxygen atoms in total. The van der Waals surface area contributed by atoms with Gasteiger partial charge in [0.2, 0.25) is 5.91 Å². The lowest BCUT2D eigenvalue weighted by Gasteiger charge is -2.36. The average Bonchev–Trinajstić information content (AvgIpc) is 3.18. The number of aromatic nitrogens is 1. The molecule has 1 aliphatic heterocycles. The Morgan fingerprint density at radius 2 is 2.07 bits per heavy atom. The molecule has 2 aromatic rings. The fraction of sp³-hybridized carbons (Fsp3) is 0.455. The maximum Gasteiger partial charge on any atom is 0.227 e. The second-order valence-electron chi connectivity index (χ2n) is 7.83. The van der Waals surface area contributed by atoms with Crippen LogP contribution in [0.1, 0.15) is 36.0 Å².